The maximum absolute atomic E-state index is 12.4. The first kappa shape index (κ1) is 18.5. The fraction of sp³-hybridized carbons (Fsp3) is 0.333. The zero-order valence-electron chi connectivity index (χ0n) is 15.1. The van der Waals surface area contributed by atoms with E-state index in [4.69, 9.17) is 0 Å². The largest absolute Gasteiger partial charge is 0.349 e. The number of rotatable bonds is 4. The third-order valence-corrected chi connectivity index (χ3v) is 5.59. The van der Waals surface area contributed by atoms with Crippen LogP contribution in [0.15, 0.2) is 40.4 Å². The molecule has 1 aliphatic rings. The summed E-state index contributed by atoms with van der Waals surface area (Å²) in [6.07, 6.45) is 5.98. The van der Waals surface area contributed by atoms with Gasteiger partial charge in [-0.15, -0.1) is 0 Å². The Balaban J connectivity index is 1.92. The molecule has 0 unspecified atom stereocenters. The first-order valence-electron chi connectivity index (χ1n) is 8.87. The lowest BCUT2D eigenvalue weighted by Crippen LogP contribution is -2.33. The number of nitrogens with zero attached hydrogens (tertiary/aromatic N) is 2. The van der Waals surface area contributed by atoms with E-state index >= 15 is 0 Å². The molecule has 5 heteroatoms. The molecule has 0 atom stereocenters. The van der Waals surface area contributed by atoms with Gasteiger partial charge in [-0.25, -0.2) is 0 Å². The van der Waals surface area contributed by atoms with Gasteiger partial charge in [0.05, 0.1) is 5.69 Å². The molecule has 1 heterocycles. The number of halogens is 1. The van der Waals surface area contributed by atoms with Crippen molar-refractivity contribution in [2.24, 2.45) is 0 Å². The Morgan fingerprint density at radius 2 is 2.00 bits per heavy atom. The van der Waals surface area contributed by atoms with Crippen molar-refractivity contribution < 1.29 is 4.79 Å². The summed E-state index contributed by atoms with van der Waals surface area (Å²) in [5, 5.41) is 12.5. The number of para-hydroxylation sites is 1. The van der Waals surface area contributed by atoms with E-state index in [9.17, 15) is 10.1 Å². The molecule has 1 aromatic heterocycles. The van der Waals surface area contributed by atoms with E-state index in [2.05, 4.69) is 31.9 Å². The van der Waals surface area contributed by atoms with Crippen LogP contribution in [0.4, 0.5) is 0 Å². The quantitative estimate of drug-likeness (QED) is 0.578. The Bertz CT molecular complexity index is 898. The number of aryl methyl sites for hydroxylation is 1. The van der Waals surface area contributed by atoms with Crippen LogP contribution in [0.2, 0.25) is 0 Å². The Morgan fingerprint density at radius 1 is 1.31 bits per heavy atom. The summed E-state index contributed by atoms with van der Waals surface area (Å²) in [6.45, 7) is 4.02. The lowest BCUT2D eigenvalue weighted by molar-refractivity contribution is -0.117. The van der Waals surface area contributed by atoms with Crippen molar-refractivity contribution in [3.05, 3.63) is 57.3 Å². The number of amides is 1. The normalized spacial score (nSPS) is 15.1. The average molecular weight is 412 g/mol. The van der Waals surface area contributed by atoms with E-state index in [-0.39, 0.29) is 17.5 Å². The van der Waals surface area contributed by atoms with Crippen LogP contribution in [-0.2, 0) is 4.79 Å². The van der Waals surface area contributed by atoms with Crippen LogP contribution in [0.1, 0.15) is 42.6 Å². The molecule has 3 rings (SSSR count). The molecule has 0 aliphatic heterocycles. The smallest absolute Gasteiger partial charge is 0.262 e. The van der Waals surface area contributed by atoms with Crippen molar-refractivity contribution in [3.8, 4) is 11.8 Å². The SMILES string of the molecule is Cc1cc(/C=C(/C#N)C(=O)NC2CCCC2)c(C)n1-c1ccccc1Br. The van der Waals surface area contributed by atoms with Crippen molar-refractivity contribution in [2.75, 3.05) is 0 Å². The van der Waals surface area contributed by atoms with Crippen LogP contribution in [0.3, 0.4) is 0 Å². The highest BCUT2D eigenvalue weighted by Crippen LogP contribution is 2.27. The van der Waals surface area contributed by atoms with Gasteiger partial charge in [0, 0.05) is 21.9 Å². The monoisotopic (exact) mass is 411 g/mol. The molecular formula is C21H22BrN3O. The molecule has 1 aromatic carbocycles. The molecule has 0 radical (unpaired) electrons. The molecule has 1 amide bonds. The molecule has 2 aromatic rings. The topological polar surface area (TPSA) is 57.8 Å². The van der Waals surface area contributed by atoms with Gasteiger partial charge in [-0.1, -0.05) is 25.0 Å². The summed E-state index contributed by atoms with van der Waals surface area (Å²) in [5.74, 6) is -0.273. The lowest BCUT2D eigenvalue weighted by Gasteiger charge is -2.12. The van der Waals surface area contributed by atoms with Crippen LogP contribution < -0.4 is 5.32 Å². The summed E-state index contributed by atoms with van der Waals surface area (Å²) < 4.78 is 3.12. The molecule has 26 heavy (non-hydrogen) atoms. The van der Waals surface area contributed by atoms with Crippen LogP contribution in [0.25, 0.3) is 11.8 Å². The molecule has 1 N–H and O–H groups in total. The van der Waals surface area contributed by atoms with Gasteiger partial charge < -0.3 is 9.88 Å². The fourth-order valence-electron chi connectivity index (χ4n) is 3.57. The minimum absolute atomic E-state index is 0.157. The third-order valence-electron chi connectivity index (χ3n) is 4.92. The van der Waals surface area contributed by atoms with Crippen LogP contribution in [0.5, 0.6) is 0 Å². The van der Waals surface area contributed by atoms with Crippen molar-refractivity contribution >= 4 is 27.9 Å². The Kier molecular flexibility index (Phi) is 5.63. The van der Waals surface area contributed by atoms with Gasteiger partial charge in [0.2, 0.25) is 0 Å². The molecule has 0 spiro atoms. The highest BCUT2D eigenvalue weighted by Gasteiger charge is 2.20. The summed E-state index contributed by atoms with van der Waals surface area (Å²) >= 11 is 3.59. The molecule has 134 valence electrons. The summed E-state index contributed by atoms with van der Waals surface area (Å²) in [7, 11) is 0. The van der Waals surface area contributed by atoms with Crippen molar-refractivity contribution in [1.29, 1.82) is 5.26 Å². The van der Waals surface area contributed by atoms with E-state index < -0.39 is 0 Å². The Morgan fingerprint density at radius 3 is 2.65 bits per heavy atom. The van der Waals surface area contributed by atoms with Crippen molar-refractivity contribution in [2.45, 2.75) is 45.6 Å². The summed E-state index contributed by atoms with van der Waals surface area (Å²) in [5.41, 5.74) is 4.13. The van der Waals surface area contributed by atoms with Gasteiger partial charge in [0.15, 0.2) is 0 Å². The van der Waals surface area contributed by atoms with Crippen molar-refractivity contribution in [1.82, 2.24) is 9.88 Å². The van der Waals surface area contributed by atoms with Gasteiger partial charge in [0.25, 0.3) is 5.91 Å². The van der Waals surface area contributed by atoms with Gasteiger partial charge in [0.1, 0.15) is 11.6 Å². The Hall–Kier alpha value is -2.32. The lowest BCUT2D eigenvalue weighted by atomic mass is 10.1. The second-order valence-corrected chi connectivity index (χ2v) is 7.59. The molecule has 0 saturated heterocycles. The standard InChI is InChI=1S/C21H22BrN3O/c1-14-11-16(15(2)25(14)20-10-6-5-9-19(20)22)12-17(13-23)21(26)24-18-7-3-4-8-18/h5-6,9-12,18H,3-4,7-8H2,1-2H3,(H,24,26)/b17-12-. The maximum Gasteiger partial charge on any atom is 0.262 e. The summed E-state index contributed by atoms with van der Waals surface area (Å²) in [6, 6.07) is 12.3. The number of nitrogens with one attached hydrogen (secondary N) is 1. The second kappa shape index (κ2) is 7.92. The van der Waals surface area contributed by atoms with Gasteiger partial charge >= 0.3 is 0 Å². The van der Waals surface area contributed by atoms with Gasteiger partial charge in [-0.2, -0.15) is 5.26 Å². The first-order chi connectivity index (χ1) is 12.5. The van der Waals surface area contributed by atoms with E-state index in [1.54, 1.807) is 6.08 Å². The number of carbonyl (C=O) groups excluding carboxylic acids is 1. The van der Waals surface area contributed by atoms with E-state index in [0.29, 0.717) is 0 Å². The van der Waals surface area contributed by atoms with E-state index in [1.807, 2.05) is 44.2 Å². The maximum atomic E-state index is 12.4. The molecular weight excluding hydrogens is 390 g/mol. The first-order valence-corrected chi connectivity index (χ1v) is 9.67. The zero-order chi connectivity index (χ0) is 18.7. The zero-order valence-corrected chi connectivity index (χ0v) is 16.6. The number of benzene rings is 1. The fourth-order valence-corrected chi connectivity index (χ4v) is 4.04. The molecule has 4 nitrogen and oxygen atoms in total. The van der Waals surface area contributed by atoms with Crippen molar-refractivity contribution in [3.63, 3.8) is 0 Å². The summed E-state index contributed by atoms with van der Waals surface area (Å²) in [4.78, 5) is 12.4. The molecule has 1 saturated carbocycles. The number of hydrogen-bond donors (Lipinski definition) is 1. The molecule has 0 bridgehead atoms. The third kappa shape index (κ3) is 3.76. The number of aromatic nitrogens is 1. The van der Waals surface area contributed by atoms with E-state index in [0.717, 1.165) is 52.8 Å². The predicted octanol–water partition coefficient (Wildman–Crippen LogP) is 4.82. The second-order valence-electron chi connectivity index (χ2n) is 6.74. The van der Waals surface area contributed by atoms with E-state index in [1.165, 1.54) is 0 Å². The Labute approximate surface area is 162 Å². The van der Waals surface area contributed by atoms with Crippen LogP contribution in [0, 0.1) is 25.2 Å². The predicted molar refractivity (Wildman–Crippen MR) is 107 cm³/mol. The highest BCUT2D eigenvalue weighted by atomic mass is 79.9. The van der Waals surface area contributed by atoms with Crippen LogP contribution >= 0.6 is 15.9 Å². The van der Waals surface area contributed by atoms with Gasteiger partial charge in [-0.05, 0) is 72.5 Å². The van der Waals surface area contributed by atoms with Crippen LogP contribution in [-0.4, -0.2) is 16.5 Å². The minimum Gasteiger partial charge on any atom is -0.349 e. The van der Waals surface area contributed by atoms with Gasteiger partial charge in [-0.3, -0.25) is 4.79 Å². The number of carbonyl (C=O) groups is 1. The minimum atomic E-state index is -0.273. The highest BCUT2D eigenvalue weighted by molar-refractivity contribution is 9.10. The number of hydrogen-bond acceptors (Lipinski definition) is 2. The molecule has 1 fully saturated rings. The molecule has 1 aliphatic carbocycles. The average Bonchev–Trinajstić information content (AvgIpc) is 3.22. The number of nitriles is 1.